The van der Waals surface area contributed by atoms with Gasteiger partial charge in [-0.05, 0) is 43.0 Å². The average molecular weight is 409 g/mol. The molecule has 3 rings (SSSR count). The predicted molar refractivity (Wildman–Crippen MR) is 113 cm³/mol. The van der Waals surface area contributed by atoms with Crippen LogP contribution in [-0.4, -0.2) is 40.0 Å². The number of aryl methyl sites for hydroxylation is 1. The number of phenols is 1. The first kappa shape index (κ1) is 21.4. The molecular formula is C24H27NO5. The predicted octanol–water partition coefficient (Wildman–Crippen LogP) is 4.10. The summed E-state index contributed by atoms with van der Waals surface area (Å²) in [5, 5.41) is 20.6. The zero-order chi connectivity index (χ0) is 21.7. The molecule has 1 atom stereocenters. The standard InChI is InChI=1S/C24H27NO5/c1-3-14-25-22(17-11-13-18(26)20(15-17)30-4-2)21(23(28)24(25)29)19(27)12-10-16-8-6-5-7-9-16/h5-9,11,13,15,22,26,28H,3-4,10,12,14H2,1-2H3. The molecule has 0 saturated carbocycles. The highest BCUT2D eigenvalue weighted by molar-refractivity contribution is 6.09. The van der Waals surface area contributed by atoms with Crippen molar-refractivity contribution in [1.82, 2.24) is 4.90 Å². The molecular weight excluding hydrogens is 382 g/mol. The summed E-state index contributed by atoms with van der Waals surface area (Å²) in [5.41, 5.74) is 1.74. The number of ketones is 1. The summed E-state index contributed by atoms with van der Waals surface area (Å²) in [4.78, 5) is 27.3. The number of Topliss-reactive ketones (excluding diaryl/α,β-unsaturated/α-hetero) is 1. The Labute approximate surface area is 176 Å². The highest BCUT2D eigenvalue weighted by atomic mass is 16.5. The number of aliphatic hydroxyl groups excluding tert-OH is 1. The molecule has 2 aromatic carbocycles. The van der Waals surface area contributed by atoms with Gasteiger partial charge in [-0.25, -0.2) is 0 Å². The Balaban J connectivity index is 1.95. The minimum absolute atomic E-state index is 0.0166. The Hall–Kier alpha value is -3.28. The number of aromatic hydroxyl groups is 1. The number of rotatable bonds is 9. The zero-order valence-corrected chi connectivity index (χ0v) is 17.3. The summed E-state index contributed by atoms with van der Waals surface area (Å²) in [6.07, 6.45) is 1.38. The maximum Gasteiger partial charge on any atom is 0.290 e. The van der Waals surface area contributed by atoms with E-state index in [2.05, 4.69) is 0 Å². The van der Waals surface area contributed by atoms with Gasteiger partial charge in [0.1, 0.15) is 0 Å². The van der Waals surface area contributed by atoms with Gasteiger partial charge in [-0.2, -0.15) is 0 Å². The van der Waals surface area contributed by atoms with E-state index in [4.69, 9.17) is 4.74 Å². The molecule has 0 spiro atoms. The van der Waals surface area contributed by atoms with Crippen LogP contribution >= 0.6 is 0 Å². The van der Waals surface area contributed by atoms with E-state index < -0.39 is 17.7 Å². The van der Waals surface area contributed by atoms with E-state index in [-0.39, 0.29) is 29.3 Å². The molecule has 0 bridgehead atoms. The quantitative estimate of drug-likeness (QED) is 0.651. The lowest BCUT2D eigenvalue weighted by molar-refractivity contribution is -0.129. The molecule has 0 aromatic heterocycles. The van der Waals surface area contributed by atoms with Crippen LogP contribution in [0.2, 0.25) is 0 Å². The number of benzene rings is 2. The molecule has 1 aliphatic rings. The first-order chi connectivity index (χ1) is 14.5. The smallest absolute Gasteiger partial charge is 0.290 e. The SMILES string of the molecule is CCCN1C(=O)C(O)=C(C(=O)CCc2ccccc2)C1c1ccc(O)c(OCC)c1. The fourth-order valence-electron chi connectivity index (χ4n) is 3.77. The largest absolute Gasteiger partial charge is 0.504 e. The third-order valence-corrected chi connectivity index (χ3v) is 5.15. The third kappa shape index (κ3) is 4.32. The van der Waals surface area contributed by atoms with Crippen molar-refractivity contribution < 1.29 is 24.5 Å². The van der Waals surface area contributed by atoms with Crippen molar-refractivity contribution in [2.45, 2.75) is 39.2 Å². The van der Waals surface area contributed by atoms with E-state index in [1.807, 2.05) is 37.3 Å². The highest BCUT2D eigenvalue weighted by Crippen LogP contribution is 2.41. The average Bonchev–Trinajstić information content (AvgIpc) is 3.00. The van der Waals surface area contributed by atoms with E-state index in [0.717, 1.165) is 5.56 Å². The molecule has 158 valence electrons. The van der Waals surface area contributed by atoms with E-state index in [1.165, 1.54) is 11.0 Å². The number of hydrogen-bond donors (Lipinski definition) is 2. The topological polar surface area (TPSA) is 87.1 Å². The molecule has 30 heavy (non-hydrogen) atoms. The summed E-state index contributed by atoms with van der Waals surface area (Å²) in [5.74, 6) is -1.04. The lowest BCUT2D eigenvalue weighted by Crippen LogP contribution is -2.31. The second-order valence-electron chi connectivity index (χ2n) is 7.23. The van der Waals surface area contributed by atoms with Crippen LogP contribution in [0.1, 0.15) is 43.9 Å². The number of nitrogens with zero attached hydrogens (tertiary/aromatic N) is 1. The number of phenolic OH excluding ortho intramolecular Hbond substituents is 1. The minimum Gasteiger partial charge on any atom is -0.504 e. The number of amides is 1. The lowest BCUT2D eigenvalue weighted by atomic mass is 9.93. The van der Waals surface area contributed by atoms with Crippen molar-refractivity contribution >= 4 is 11.7 Å². The lowest BCUT2D eigenvalue weighted by Gasteiger charge is -2.27. The molecule has 1 amide bonds. The normalized spacial score (nSPS) is 16.3. The maximum absolute atomic E-state index is 13.1. The monoisotopic (exact) mass is 409 g/mol. The molecule has 6 nitrogen and oxygen atoms in total. The van der Waals surface area contributed by atoms with Gasteiger partial charge >= 0.3 is 0 Å². The molecule has 2 aromatic rings. The van der Waals surface area contributed by atoms with Crippen LogP contribution in [0.15, 0.2) is 59.9 Å². The number of carbonyl (C=O) groups excluding carboxylic acids is 2. The second-order valence-corrected chi connectivity index (χ2v) is 7.23. The number of hydrogen-bond acceptors (Lipinski definition) is 5. The fourth-order valence-corrected chi connectivity index (χ4v) is 3.77. The molecule has 1 unspecified atom stereocenters. The van der Waals surface area contributed by atoms with Crippen molar-refractivity contribution in [2.75, 3.05) is 13.2 Å². The van der Waals surface area contributed by atoms with Crippen LogP contribution in [-0.2, 0) is 16.0 Å². The molecule has 0 fully saturated rings. The highest BCUT2D eigenvalue weighted by Gasteiger charge is 2.42. The summed E-state index contributed by atoms with van der Waals surface area (Å²) in [6.45, 7) is 4.50. The fraction of sp³-hybridized carbons (Fsp3) is 0.333. The van der Waals surface area contributed by atoms with Crippen molar-refractivity contribution in [1.29, 1.82) is 0 Å². The zero-order valence-electron chi connectivity index (χ0n) is 17.3. The number of ether oxygens (including phenoxy) is 1. The molecule has 1 heterocycles. The summed E-state index contributed by atoms with van der Waals surface area (Å²) >= 11 is 0. The van der Waals surface area contributed by atoms with Gasteiger partial charge in [-0.15, -0.1) is 0 Å². The van der Waals surface area contributed by atoms with Gasteiger partial charge in [-0.1, -0.05) is 43.3 Å². The summed E-state index contributed by atoms with van der Waals surface area (Å²) in [7, 11) is 0. The number of aliphatic hydroxyl groups is 1. The maximum atomic E-state index is 13.1. The second kappa shape index (κ2) is 9.48. The van der Waals surface area contributed by atoms with Crippen molar-refractivity contribution in [3.8, 4) is 11.5 Å². The van der Waals surface area contributed by atoms with Gasteiger partial charge in [0.15, 0.2) is 23.0 Å². The van der Waals surface area contributed by atoms with Crippen LogP contribution < -0.4 is 4.74 Å². The minimum atomic E-state index is -0.708. The van der Waals surface area contributed by atoms with Crippen LogP contribution in [0.3, 0.4) is 0 Å². The van der Waals surface area contributed by atoms with Gasteiger partial charge in [0.05, 0.1) is 18.2 Å². The van der Waals surface area contributed by atoms with Gasteiger partial charge in [0.25, 0.3) is 5.91 Å². The van der Waals surface area contributed by atoms with E-state index in [1.54, 1.807) is 19.1 Å². The van der Waals surface area contributed by atoms with Gasteiger partial charge < -0.3 is 19.8 Å². The first-order valence-electron chi connectivity index (χ1n) is 10.2. The Kier molecular flexibility index (Phi) is 6.77. The first-order valence-corrected chi connectivity index (χ1v) is 10.2. The Bertz CT molecular complexity index is 951. The van der Waals surface area contributed by atoms with Gasteiger partial charge in [0.2, 0.25) is 0 Å². The van der Waals surface area contributed by atoms with Crippen LogP contribution in [0.25, 0.3) is 0 Å². The molecule has 2 N–H and O–H groups in total. The van der Waals surface area contributed by atoms with Crippen molar-refractivity contribution in [3.63, 3.8) is 0 Å². The van der Waals surface area contributed by atoms with E-state index >= 15 is 0 Å². The molecule has 0 saturated heterocycles. The van der Waals surface area contributed by atoms with Crippen LogP contribution in [0, 0.1) is 0 Å². The Morgan fingerprint density at radius 3 is 2.50 bits per heavy atom. The summed E-state index contributed by atoms with van der Waals surface area (Å²) < 4.78 is 5.47. The number of carbonyl (C=O) groups is 2. The van der Waals surface area contributed by atoms with E-state index in [9.17, 15) is 19.8 Å². The summed E-state index contributed by atoms with van der Waals surface area (Å²) in [6, 6.07) is 13.7. The molecule has 0 radical (unpaired) electrons. The van der Waals surface area contributed by atoms with Gasteiger partial charge in [-0.3, -0.25) is 9.59 Å². The Morgan fingerprint density at radius 2 is 1.83 bits per heavy atom. The third-order valence-electron chi connectivity index (χ3n) is 5.15. The van der Waals surface area contributed by atoms with Crippen molar-refractivity contribution in [2.24, 2.45) is 0 Å². The van der Waals surface area contributed by atoms with E-state index in [0.29, 0.717) is 31.6 Å². The van der Waals surface area contributed by atoms with Crippen LogP contribution in [0.5, 0.6) is 11.5 Å². The van der Waals surface area contributed by atoms with Crippen molar-refractivity contribution in [3.05, 3.63) is 71.0 Å². The van der Waals surface area contributed by atoms with Crippen LogP contribution in [0.4, 0.5) is 0 Å². The van der Waals surface area contributed by atoms with Gasteiger partial charge in [0, 0.05) is 13.0 Å². The molecule has 1 aliphatic heterocycles. The Morgan fingerprint density at radius 1 is 1.10 bits per heavy atom. The molecule has 0 aliphatic carbocycles. The molecule has 6 heteroatoms.